The molecule has 1 atom stereocenters. The Balaban J connectivity index is 3.09. The van der Waals surface area contributed by atoms with Gasteiger partial charge in [-0.2, -0.15) is 0 Å². The molecule has 68 valence electrons. The van der Waals surface area contributed by atoms with Crippen LogP contribution in [0.2, 0.25) is 0 Å². The summed E-state index contributed by atoms with van der Waals surface area (Å²) in [6, 6.07) is 0. The van der Waals surface area contributed by atoms with E-state index in [-0.39, 0.29) is 11.3 Å². The second kappa shape index (κ2) is 3.56. The molecule has 1 rings (SSSR count). The van der Waals surface area contributed by atoms with Crippen LogP contribution in [-0.4, -0.2) is 6.26 Å². The number of hydrogen-bond donors (Lipinski definition) is 0. The van der Waals surface area contributed by atoms with Crippen molar-refractivity contribution in [1.82, 2.24) is 0 Å². The lowest BCUT2D eigenvalue weighted by Gasteiger charge is -2.17. The number of allylic oxidation sites excluding steroid dienone is 3. The Kier molecular flexibility index (Phi) is 2.88. The van der Waals surface area contributed by atoms with E-state index < -0.39 is 23.4 Å². The van der Waals surface area contributed by atoms with Crippen LogP contribution in [0.4, 0.5) is 13.2 Å². The van der Waals surface area contributed by atoms with Crippen LogP contribution >= 0.6 is 11.8 Å². The van der Waals surface area contributed by atoms with Gasteiger partial charge in [0.25, 0.3) is 0 Å². The van der Waals surface area contributed by atoms with Crippen LogP contribution in [-0.2, 0) is 0 Å². The van der Waals surface area contributed by atoms with Crippen LogP contribution in [0.1, 0.15) is 13.3 Å². The Morgan fingerprint density at radius 1 is 1.33 bits per heavy atom. The van der Waals surface area contributed by atoms with Gasteiger partial charge in [-0.25, -0.2) is 13.2 Å². The molecule has 0 aromatic rings. The molecule has 4 heteroatoms. The molecule has 0 aliphatic heterocycles. The summed E-state index contributed by atoms with van der Waals surface area (Å²) in [6.07, 6.45) is 1.36. The molecule has 0 nitrogen and oxygen atoms in total. The van der Waals surface area contributed by atoms with Crippen LogP contribution in [0.25, 0.3) is 0 Å². The quantitative estimate of drug-likeness (QED) is 0.613. The van der Waals surface area contributed by atoms with E-state index in [1.807, 2.05) is 0 Å². The molecule has 1 aliphatic carbocycles. The van der Waals surface area contributed by atoms with Crippen molar-refractivity contribution in [2.24, 2.45) is 5.92 Å². The van der Waals surface area contributed by atoms with Crippen molar-refractivity contribution < 1.29 is 13.2 Å². The van der Waals surface area contributed by atoms with Crippen LogP contribution in [0.3, 0.4) is 0 Å². The third-order valence-electron chi connectivity index (χ3n) is 1.78. The molecular weight excluding hydrogens is 185 g/mol. The van der Waals surface area contributed by atoms with Crippen molar-refractivity contribution in [2.75, 3.05) is 6.26 Å². The summed E-state index contributed by atoms with van der Waals surface area (Å²) in [4.78, 5) is -0.189. The first-order valence-corrected chi connectivity index (χ1v) is 4.78. The van der Waals surface area contributed by atoms with Gasteiger partial charge in [0.05, 0.1) is 4.91 Å². The van der Waals surface area contributed by atoms with Gasteiger partial charge in [0.1, 0.15) is 11.7 Å². The van der Waals surface area contributed by atoms with E-state index in [1.54, 1.807) is 0 Å². The molecule has 0 heterocycles. The first-order valence-electron chi connectivity index (χ1n) is 3.56. The summed E-state index contributed by atoms with van der Waals surface area (Å²) in [6.45, 7) is 1.54. The van der Waals surface area contributed by atoms with E-state index in [9.17, 15) is 13.2 Å². The van der Waals surface area contributed by atoms with E-state index in [1.165, 1.54) is 13.2 Å². The lowest BCUT2D eigenvalue weighted by atomic mass is 10.0. The molecule has 1 aliphatic rings. The van der Waals surface area contributed by atoms with E-state index in [0.29, 0.717) is 0 Å². The Labute approximate surface area is 73.5 Å². The fraction of sp³-hybridized carbons (Fsp3) is 0.500. The Hall–Kier alpha value is -0.380. The lowest BCUT2D eigenvalue weighted by molar-refractivity contribution is 0.408. The first kappa shape index (κ1) is 9.71. The van der Waals surface area contributed by atoms with Gasteiger partial charge in [-0.1, -0.05) is 6.92 Å². The minimum atomic E-state index is -1.03. The molecule has 0 spiro atoms. The zero-order valence-corrected chi connectivity index (χ0v) is 7.64. The molecular formula is C8H9F3S. The molecule has 0 N–H and O–H groups in total. The van der Waals surface area contributed by atoms with Gasteiger partial charge in [0.2, 0.25) is 0 Å². The summed E-state index contributed by atoms with van der Waals surface area (Å²) in [5.74, 6) is -2.94. The van der Waals surface area contributed by atoms with Gasteiger partial charge < -0.3 is 0 Å². The third kappa shape index (κ3) is 1.53. The fourth-order valence-corrected chi connectivity index (χ4v) is 1.77. The average Bonchev–Trinajstić information content (AvgIpc) is 2.02. The van der Waals surface area contributed by atoms with E-state index >= 15 is 0 Å². The summed E-state index contributed by atoms with van der Waals surface area (Å²) in [5.41, 5.74) is 0. The molecule has 0 aromatic heterocycles. The minimum absolute atomic E-state index is 0.165. The normalized spacial score (nSPS) is 25.2. The molecule has 12 heavy (non-hydrogen) atoms. The highest BCUT2D eigenvalue weighted by molar-refractivity contribution is 8.02. The molecule has 0 bridgehead atoms. The summed E-state index contributed by atoms with van der Waals surface area (Å²) in [7, 11) is 0. The predicted octanol–water partition coefficient (Wildman–Crippen LogP) is 3.72. The van der Waals surface area contributed by atoms with Crippen molar-refractivity contribution in [3.05, 3.63) is 22.4 Å². The van der Waals surface area contributed by atoms with Crippen LogP contribution in [0, 0.1) is 5.92 Å². The van der Waals surface area contributed by atoms with Gasteiger partial charge in [0.15, 0.2) is 5.83 Å². The average molecular weight is 194 g/mol. The maximum Gasteiger partial charge on any atom is 0.170 e. The largest absolute Gasteiger partial charge is 0.210 e. The summed E-state index contributed by atoms with van der Waals surface area (Å²) in [5, 5.41) is 0. The zero-order valence-electron chi connectivity index (χ0n) is 6.83. The standard InChI is InChI=1S/C8H9F3S/c1-4-3-5(9)7(11)8(12-2)6(4)10/h4H,3H2,1-2H3. The Morgan fingerprint density at radius 3 is 2.42 bits per heavy atom. The predicted molar refractivity (Wildman–Crippen MR) is 44.7 cm³/mol. The summed E-state index contributed by atoms with van der Waals surface area (Å²) >= 11 is 0.901. The first-order chi connectivity index (χ1) is 5.57. The SMILES string of the molecule is CSC1=C(F)C(C)CC(F)=C1F. The highest BCUT2D eigenvalue weighted by Crippen LogP contribution is 2.40. The molecule has 0 aromatic carbocycles. The molecule has 0 saturated heterocycles. The van der Waals surface area contributed by atoms with Crippen molar-refractivity contribution in [1.29, 1.82) is 0 Å². The van der Waals surface area contributed by atoms with Crippen LogP contribution in [0.15, 0.2) is 22.4 Å². The van der Waals surface area contributed by atoms with Crippen molar-refractivity contribution in [3.8, 4) is 0 Å². The number of rotatable bonds is 1. The number of thioether (sulfide) groups is 1. The minimum Gasteiger partial charge on any atom is -0.210 e. The second-order valence-corrected chi connectivity index (χ2v) is 3.52. The van der Waals surface area contributed by atoms with Crippen molar-refractivity contribution >= 4 is 11.8 Å². The van der Waals surface area contributed by atoms with Gasteiger partial charge in [-0.15, -0.1) is 11.8 Å². The maximum atomic E-state index is 13.1. The van der Waals surface area contributed by atoms with Crippen LogP contribution < -0.4 is 0 Å². The van der Waals surface area contributed by atoms with E-state index in [4.69, 9.17) is 0 Å². The smallest absolute Gasteiger partial charge is 0.170 e. The highest BCUT2D eigenvalue weighted by Gasteiger charge is 2.27. The molecule has 0 saturated carbocycles. The fourth-order valence-electron chi connectivity index (χ4n) is 1.09. The monoisotopic (exact) mass is 194 g/mol. The van der Waals surface area contributed by atoms with Crippen molar-refractivity contribution in [2.45, 2.75) is 13.3 Å². The third-order valence-corrected chi connectivity index (χ3v) is 2.56. The number of hydrogen-bond acceptors (Lipinski definition) is 1. The molecule has 0 amide bonds. The van der Waals surface area contributed by atoms with Gasteiger partial charge in [0, 0.05) is 12.3 Å². The van der Waals surface area contributed by atoms with Gasteiger partial charge >= 0.3 is 0 Å². The second-order valence-electron chi connectivity index (χ2n) is 2.71. The van der Waals surface area contributed by atoms with Gasteiger partial charge in [-0.3, -0.25) is 0 Å². The molecule has 0 radical (unpaired) electrons. The van der Waals surface area contributed by atoms with Gasteiger partial charge in [-0.05, 0) is 6.26 Å². The highest BCUT2D eigenvalue weighted by atomic mass is 32.2. The number of halogens is 3. The topological polar surface area (TPSA) is 0 Å². The molecule has 0 fully saturated rings. The zero-order chi connectivity index (χ0) is 9.30. The Morgan fingerprint density at radius 2 is 1.92 bits per heavy atom. The molecule has 1 unspecified atom stereocenters. The Bertz CT molecular complexity index is 255. The van der Waals surface area contributed by atoms with Crippen molar-refractivity contribution in [3.63, 3.8) is 0 Å². The van der Waals surface area contributed by atoms with Crippen LogP contribution in [0.5, 0.6) is 0 Å². The van der Waals surface area contributed by atoms with E-state index in [2.05, 4.69) is 0 Å². The lowest BCUT2D eigenvalue weighted by Crippen LogP contribution is -2.05. The van der Waals surface area contributed by atoms with E-state index in [0.717, 1.165) is 11.8 Å². The maximum absolute atomic E-state index is 13.1. The summed E-state index contributed by atoms with van der Waals surface area (Å²) < 4.78 is 38.7.